The molecule has 3 heteroatoms. The molecule has 0 radical (unpaired) electrons. The summed E-state index contributed by atoms with van der Waals surface area (Å²) in [4.78, 5) is 0. The fraction of sp³-hybridized carbons (Fsp3) is 1.00. The number of aliphatic hydroxyl groups excluding tert-OH is 1. The van der Waals surface area contributed by atoms with E-state index in [4.69, 9.17) is 5.11 Å². The Balaban J connectivity index is 2.22. The van der Waals surface area contributed by atoms with Crippen LogP contribution in [0.3, 0.4) is 0 Å². The van der Waals surface area contributed by atoms with Gasteiger partial charge in [-0.3, -0.25) is 0 Å². The Kier molecular flexibility index (Phi) is 2.52. The Labute approximate surface area is 62.8 Å². The lowest BCUT2D eigenvalue weighted by Crippen LogP contribution is -2.22. The molecule has 1 aliphatic rings. The van der Waals surface area contributed by atoms with Crippen LogP contribution in [0, 0.1) is 0 Å². The SMILES string of the molecule is O[C@@H]1CN[C@H](CI)C1. The third-order valence-corrected chi connectivity index (χ3v) is 2.45. The Hall–Kier alpha value is 0.650. The molecule has 1 aliphatic heterocycles. The maximum Gasteiger partial charge on any atom is 0.0679 e. The van der Waals surface area contributed by atoms with E-state index in [1.807, 2.05) is 0 Å². The normalized spacial score (nSPS) is 38.2. The first-order chi connectivity index (χ1) is 3.83. The smallest absolute Gasteiger partial charge is 0.0679 e. The van der Waals surface area contributed by atoms with Crippen molar-refractivity contribution in [3.63, 3.8) is 0 Å². The molecular formula is C5H10INO. The molecule has 2 atom stereocenters. The van der Waals surface area contributed by atoms with Crippen LogP contribution in [0.15, 0.2) is 0 Å². The lowest BCUT2D eigenvalue weighted by atomic mass is 10.2. The minimum Gasteiger partial charge on any atom is -0.392 e. The van der Waals surface area contributed by atoms with E-state index < -0.39 is 0 Å². The van der Waals surface area contributed by atoms with Crippen LogP contribution >= 0.6 is 22.6 Å². The molecule has 0 saturated carbocycles. The van der Waals surface area contributed by atoms with Crippen LogP contribution in [0.1, 0.15) is 6.42 Å². The largest absolute Gasteiger partial charge is 0.392 e. The highest BCUT2D eigenvalue weighted by molar-refractivity contribution is 14.1. The van der Waals surface area contributed by atoms with E-state index >= 15 is 0 Å². The molecule has 1 heterocycles. The highest BCUT2D eigenvalue weighted by Gasteiger charge is 2.19. The maximum absolute atomic E-state index is 8.96. The van der Waals surface area contributed by atoms with Gasteiger partial charge in [-0.05, 0) is 6.42 Å². The molecule has 1 fully saturated rings. The minimum absolute atomic E-state index is 0.0882. The van der Waals surface area contributed by atoms with E-state index in [-0.39, 0.29) is 6.10 Å². The minimum atomic E-state index is -0.0882. The zero-order valence-electron chi connectivity index (χ0n) is 4.60. The van der Waals surface area contributed by atoms with Crippen LogP contribution in [0.4, 0.5) is 0 Å². The molecule has 48 valence electrons. The molecule has 0 amide bonds. The standard InChI is InChI=1S/C5H10INO/c6-2-4-1-5(8)3-7-4/h4-5,7-8H,1-3H2/t4-,5-/m0/s1. The van der Waals surface area contributed by atoms with Crippen molar-refractivity contribution in [1.29, 1.82) is 0 Å². The van der Waals surface area contributed by atoms with Crippen LogP contribution in [-0.2, 0) is 0 Å². The summed E-state index contributed by atoms with van der Waals surface area (Å²) in [5, 5.41) is 12.2. The third kappa shape index (κ3) is 1.56. The van der Waals surface area contributed by atoms with Crippen molar-refractivity contribution >= 4 is 22.6 Å². The van der Waals surface area contributed by atoms with Gasteiger partial charge in [0.25, 0.3) is 0 Å². The molecule has 0 bridgehead atoms. The Morgan fingerprint density at radius 3 is 2.75 bits per heavy atom. The van der Waals surface area contributed by atoms with Crippen LogP contribution in [0.25, 0.3) is 0 Å². The lowest BCUT2D eigenvalue weighted by Gasteiger charge is -2.01. The molecule has 2 nitrogen and oxygen atoms in total. The number of aliphatic hydroxyl groups is 1. The molecule has 0 aromatic carbocycles. The number of rotatable bonds is 1. The zero-order valence-corrected chi connectivity index (χ0v) is 6.76. The Morgan fingerprint density at radius 1 is 1.75 bits per heavy atom. The average Bonchev–Trinajstić information content (AvgIpc) is 2.14. The van der Waals surface area contributed by atoms with Gasteiger partial charge in [-0.15, -0.1) is 0 Å². The number of hydrogen-bond acceptors (Lipinski definition) is 2. The average molecular weight is 227 g/mol. The number of halogens is 1. The van der Waals surface area contributed by atoms with Crippen molar-refractivity contribution < 1.29 is 5.11 Å². The quantitative estimate of drug-likeness (QED) is 0.493. The van der Waals surface area contributed by atoms with Crippen molar-refractivity contribution in [1.82, 2.24) is 5.32 Å². The molecule has 8 heavy (non-hydrogen) atoms. The van der Waals surface area contributed by atoms with Gasteiger partial charge in [0.15, 0.2) is 0 Å². The molecule has 1 rings (SSSR count). The lowest BCUT2D eigenvalue weighted by molar-refractivity contribution is 0.194. The van der Waals surface area contributed by atoms with Crippen LogP contribution < -0.4 is 5.32 Å². The number of nitrogens with one attached hydrogen (secondary N) is 1. The van der Waals surface area contributed by atoms with Gasteiger partial charge < -0.3 is 10.4 Å². The summed E-state index contributed by atoms with van der Waals surface area (Å²) < 4.78 is 1.11. The van der Waals surface area contributed by atoms with Crippen molar-refractivity contribution in [3.8, 4) is 0 Å². The first-order valence-corrected chi connectivity index (χ1v) is 4.33. The monoisotopic (exact) mass is 227 g/mol. The number of alkyl halides is 1. The summed E-state index contributed by atoms with van der Waals surface area (Å²) in [6.45, 7) is 0.785. The van der Waals surface area contributed by atoms with Gasteiger partial charge in [0.05, 0.1) is 6.10 Å². The molecule has 0 unspecified atom stereocenters. The molecule has 0 spiro atoms. The van der Waals surface area contributed by atoms with Gasteiger partial charge >= 0.3 is 0 Å². The molecule has 0 aromatic heterocycles. The molecular weight excluding hydrogens is 217 g/mol. The first kappa shape index (κ1) is 6.77. The van der Waals surface area contributed by atoms with E-state index in [1.165, 1.54) is 0 Å². The summed E-state index contributed by atoms with van der Waals surface area (Å²) in [5.41, 5.74) is 0. The van der Waals surface area contributed by atoms with E-state index in [2.05, 4.69) is 27.9 Å². The highest BCUT2D eigenvalue weighted by atomic mass is 127. The van der Waals surface area contributed by atoms with Gasteiger partial charge in [0, 0.05) is 17.0 Å². The van der Waals surface area contributed by atoms with E-state index in [0.717, 1.165) is 17.4 Å². The van der Waals surface area contributed by atoms with Gasteiger partial charge in [-0.2, -0.15) is 0 Å². The van der Waals surface area contributed by atoms with E-state index in [1.54, 1.807) is 0 Å². The predicted octanol–water partition coefficient (Wildman–Crippen LogP) is 0.144. The van der Waals surface area contributed by atoms with Crippen molar-refractivity contribution in [3.05, 3.63) is 0 Å². The second-order valence-corrected chi connectivity index (χ2v) is 3.03. The summed E-state index contributed by atoms with van der Waals surface area (Å²) in [5.74, 6) is 0. The fourth-order valence-corrected chi connectivity index (χ4v) is 1.59. The zero-order chi connectivity index (χ0) is 5.98. The third-order valence-electron chi connectivity index (χ3n) is 1.39. The Bertz CT molecular complexity index is 78.8. The van der Waals surface area contributed by atoms with Crippen LogP contribution in [-0.4, -0.2) is 28.2 Å². The summed E-state index contributed by atoms with van der Waals surface area (Å²) in [6.07, 6.45) is 0.845. The van der Waals surface area contributed by atoms with Gasteiger partial charge in [-0.1, -0.05) is 22.6 Å². The fourth-order valence-electron chi connectivity index (χ4n) is 0.915. The topological polar surface area (TPSA) is 32.3 Å². The molecule has 2 N–H and O–H groups in total. The molecule has 0 aliphatic carbocycles. The van der Waals surface area contributed by atoms with Crippen molar-refractivity contribution in [2.45, 2.75) is 18.6 Å². The van der Waals surface area contributed by atoms with Gasteiger partial charge in [0.1, 0.15) is 0 Å². The molecule has 1 saturated heterocycles. The van der Waals surface area contributed by atoms with Gasteiger partial charge in [-0.25, -0.2) is 0 Å². The summed E-state index contributed by atoms with van der Waals surface area (Å²) in [7, 11) is 0. The molecule has 0 aromatic rings. The Morgan fingerprint density at radius 2 is 2.50 bits per heavy atom. The van der Waals surface area contributed by atoms with Gasteiger partial charge in [0.2, 0.25) is 0 Å². The number of β-amino-alcohol motifs (C(OH)–C–C–N with tert-alkyl or cyclic N) is 1. The first-order valence-electron chi connectivity index (χ1n) is 2.80. The summed E-state index contributed by atoms with van der Waals surface area (Å²) >= 11 is 2.33. The van der Waals surface area contributed by atoms with E-state index in [0.29, 0.717) is 6.04 Å². The maximum atomic E-state index is 8.96. The second kappa shape index (κ2) is 2.98. The predicted molar refractivity (Wildman–Crippen MR) is 41.3 cm³/mol. The second-order valence-electron chi connectivity index (χ2n) is 2.15. The van der Waals surface area contributed by atoms with Crippen molar-refractivity contribution in [2.75, 3.05) is 11.0 Å². The van der Waals surface area contributed by atoms with Crippen molar-refractivity contribution in [2.24, 2.45) is 0 Å². The van der Waals surface area contributed by atoms with Crippen LogP contribution in [0.2, 0.25) is 0 Å². The van der Waals surface area contributed by atoms with Crippen LogP contribution in [0.5, 0.6) is 0 Å². The summed E-state index contributed by atoms with van der Waals surface area (Å²) in [6, 6.07) is 0.561. The highest BCUT2D eigenvalue weighted by Crippen LogP contribution is 2.07. The number of hydrogen-bond donors (Lipinski definition) is 2. The van der Waals surface area contributed by atoms with E-state index in [9.17, 15) is 0 Å².